The van der Waals surface area contributed by atoms with Crippen molar-refractivity contribution in [2.45, 2.75) is 0 Å². The molecule has 5 nitrogen and oxygen atoms in total. The van der Waals surface area contributed by atoms with Gasteiger partial charge in [-0.1, -0.05) is 6.07 Å². The van der Waals surface area contributed by atoms with Crippen molar-refractivity contribution in [3.63, 3.8) is 0 Å². The Hall–Kier alpha value is -2.30. The molecule has 2 aromatic heterocycles. The Labute approximate surface area is 99.2 Å². The maximum Gasteiger partial charge on any atom is 0.271 e. The Balaban J connectivity index is 2.39. The van der Waals surface area contributed by atoms with Crippen LogP contribution in [0.4, 0.5) is 0 Å². The van der Waals surface area contributed by atoms with E-state index < -0.39 is 0 Å². The summed E-state index contributed by atoms with van der Waals surface area (Å²) < 4.78 is 0. The highest BCUT2D eigenvalue weighted by Crippen LogP contribution is 2.14. The number of aromatic nitrogens is 3. The van der Waals surface area contributed by atoms with Crippen molar-refractivity contribution in [1.29, 1.82) is 0 Å². The molecule has 17 heavy (non-hydrogen) atoms. The van der Waals surface area contributed by atoms with Crippen molar-refractivity contribution < 1.29 is 4.79 Å². The maximum atomic E-state index is 11.8. The van der Waals surface area contributed by atoms with E-state index in [0.29, 0.717) is 11.4 Å². The number of carbonyl (C=O) groups excluding carboxylic acids is 1. The molecule has 0 spiro atoms. The third kappa shape index (κ3) is 2.44. The molecule has 0 unspecified atom stereocenters. The van der Waals surface area contributed by atoms with Gasteiger partial charge in [0, 0.05) is 32.1 Å². The first kappa shape index (κ1) is 11.2. The summed E-state index contributed by atoms with van der Waals surface area (Å²) in [5, 5.41) is 0. The van der Waals surface area contributed by atoms with Crippen LogP contribution in [0, 0.1) is 0 Å². The van der Waals surface area contributed by atoms with Crippen molar-refractivity contribution in [1.82, 2.24) is 19.9 Å². The molecule has 0 aliphatic heterocycles. The van der Waals surface area contributed by atoms with E-state index in [4.69, 9.17) is 0 Å². The van der Waals surface area contributed by atoms with Crippen LogP contribution in [0.15, 0.2) is 36.9 Å². The smallest absolute Gasteiger partial charge is 0.271 e. The molecule has 5 heteroatoms. The minimum Gasteiger partial charge on any atom is -0.343 e. The number of carbonyl (C=O) groups is 1. The fraction of sp³-hybridized carbons (Fsp3) is 0.167. The Morgan fingerprint density at radius 2 is 1.88 bits per heavy atom. The van der Waals surface area contributed by atoms with Crippen LogP contribution in [-0.2, 0) is 0 Å². The van der Waals surface area contributed by atoms with Gasteiger partial charge < -0.3 is 4.90 Å². The van der Waals surface area contributed by atoms with Gasteiger partial charge >= 0.3 is 0 Å². The lowest BCUT2D eigenvalue weighted by molar-refractivity contribution is 0.0822. The largest absolute Gasteiger partial charge is 0.343 e. The summed E-state index contributed by atoms with van der Waals surface area (Å²) in [5.74, 6) is -0.122. The molecule has 2 rings (SSSR count). The third-order valence-electron chi connectivity index (χ3n) is 2.23. The van der Waals surface area contributed by atoms with Crippen LogP contribution in [0.2, 0.25) is 0 Å². The second kappa shape index (κ2) is 4.69. The molecule has 86 valence electrons. The molecule has 0 radical (unpaired) electrons. The molecule has 0 saturated heterocycles. The highest BCUT2D eigenvalue weighted by atomic mass is 16.2. The standard InChI is InChI=1S/C12H12N4O/c1-16(2)12(17)11-5-3-4-10(15-11)9-6-13-8-14-7-9/h3-8H,1-2H3. The lowest BCUT2D eigenvalue weighted by Crippen LogP contribution is -2.22. The molecule has 2 heterocycles. The third-order valence-corrected chi connectivity index (χ3v) is 2.23. The van der Waals surface area contributed by atoms with Gasteiger partial charge in [0.1, 0.15) is 12.0 Å². The molecule has 0 bridgehead atoms. The number of amides is 1. The van der Waals surface area contributed by atoms with E-state index >= 15 is 0 Å². The highest BCUT2D eigenvalue weighted by molar-refractivity contribution is 5.92. The minimum atomic E-state index is -0.122. The Morgan fingerprint density at radius 1 is 1.18 bits per heavy atom. The Bertz CT molecular complexity index is 525. The van der Waals surface area contributed by atoms with E-state index in [1.54, 1.807) is 38.6 Å². The zero-order valence-electron chi connectivity index (χ0n) is 9.66. The highest BCUT2D eigenvalue weighted by Gasteiger charge is 2.10. The van der Waals surface area contributed by atoms with Crippen molar-refractivity contribution in [3.05, 3.63) is 42.6 Å². The van der Waals surface area contributed by atoms with Gasteiger partial charge in [0.25, 0.3) is 5.91 Å². The van der Waals surface area contributed by atoms with E-state index in [-0.39, 0.29) is 5.91 Å². The maximum absolute atomic E-state index is 11.8. The number of nitrogens with zero attached hydrogens (tertiary/aromatic N) is 4. The van der Waals surface area contributed by atoms with E-state index in [1.807, 2.05) is 6.07 Å². The van der Waals surface area contributed by atoms with E-state index in [1.165, 1.54) is 11.2 Å². The summed E-state index contributed by atoms with van der Waals surface area (Å²) in [6.45, 7) is 0. The molecular formula is C12H12N4O. The van der Waals surface area contributed by atoms with Gasteiger partial charge in [0.05, 0.1) is 5.69 Å². The average Bonchev–Trinajstić information content (AvgIpc) is 2.39. The van der Waals surface area contributed by atoms with Crippen molar-refractivity contribution in [2.24, 2.45) is 0 Å². The predicted octanol–water partition coefficient (Wildman–Crippen LogP) is 1.24. The monoisotopic (exact) mass is 228 g/mol. The summed E-state index contributed by atoms with van der Waals surface area (Å²) in [6.07, 6.45) is 4.79. The summed E-state index contributed by atoms with van der Waals surface area (Å²) in [6, 6.07) is 5.31. The molecule has 0 saturated carbocycles. The second-order valence-corrected chi connectivity index (χ2v) is 3.73. The molecule has 0 aromatic carbocycles. The number of pyridine rings is 1. The van der Waals surface area contributed by atoms with Crippen LogP contribution >= 0.6 is 0 Å². The fourth-order valence-corrected chi connectivity index (χ4v) is 1.38. The van der Waals surface area contributed by atoms with Crippen LogP contribution in [0.25, 0.3) is 11.3 Å². The number of rotatable bonds is 2. The Morgan fingerprint density at radius 3 is 2.53 bits per heavy atom. The lowest BCUT2D eigenvalue weighted by Gasteiger charge is -2.10. The normalized spacial score (nSPS) is 10.0. The van der Waals surface area contributed by atoms with E-state index in [2.05, 4.69) is 15.0 Å². The predicted molar refractivity (Wildman–Crippen MR) is 63.3 cm³/mol. The summed E-state index contributed by atoms with van der Waals surface area (Å²) >= 11 is 0. The van der Waals surface area contributed by atoms with E-state index in [0.717, 1.165) is 5.56 Å². The first-order chi connectivity index (χ1) is 8.18. The lowest BCUT2D eigenvalue weighted by atomic mass is 10.2. The number of hydrogen-bond donors (Lipinski definition) is 0. The quantitative estimate of drug-likeness (QED) is 0.776. The SMILES string of the molecule is CN(C)C(=O)c1cccc(-c2cncnc2)n1. The van der Waals surface area contributed by atoms with Crippen molar-refractivity contribution >= 4 is 5.91 Å². The topological polar surface area (TPSA) is 59.0 Å². The molecule has 0 N–H and O–H groups in total. The van der Waals surface area contributed by atoms with Crippen molar-refractivity contribution in [2.75, 3.05) is 14.1 Å². The van der Waals surface area contributed by atoms with Gasteiger partial charge in [-0.05, 0) is 12.1 Å². The molecule has 1 amide bonds. The zero-order valence-corrected chi connectivity index (χ0v) is 9.66. The average molecular weight is 228 g/mol. The van der Waals surface area contributed by atoms with Gasteiger partial charge in [0.15, 0.2) is 0 Å². The molecule has 0 fully saturated rings. The molecule has 2 aromatic rings. The van der Waals surface area contributed by atoms with Crippen LogP contribution in [0.5, 0.6) is 0 Å². The van der Waals surface area contributed by atoms with Crippen LogP contribution in [0.1, 0.15) is 10.5 Å². The van der Waals surface area contributed by atoms with E-state index in [9.17, 15) is 4.79 Å². The molecule has 0 atom stereocenters. The second-order valence-electron chi connectivity index (χ2n) is 3.73. The van der Waals surface area contributed by atoms with Gasteiger partial charge in [-0.3, -0.25) is 4.79 Å². The molecular weight excluding hydrogens is 216 g/mol. The summed E-state index contributed by atoms with van der Waals surface area (Å²) in [7, 11) is 3.39. The molecule has 0 aliphatic rings. The first-order valence-corrected chi connectivity index (χ1v) is 5.12. The summed E-state index contributed by atoms with van der Waals surface area (Å²) in [5.41, 5.74) is 1.90. The summed E-state index contributed by atoms with van der Waals surface area (Å²) in [4.78, 5) is 25.4. The van der Waals surface area contributed by atoms with Crippen LogP contribution in [-0.4, -0.2) is 39.9 Å². The first-order valence-electron chi connectivity index (χ1n) is 5.12. The minimum absolute atomic E-state index is 0.122. The number of hydrogen-bond acceptors (Lipinski definition) is 4. The molecule has 0 aliphatic carbocycles. The van der Waals surface area contributed by atoms with Gasteiger partial charge in [-0.25, -0.2) is 15.0 Å². The fourth-order valence-electron chi connectivity index (χ4n) is 1.38. The van der Waals surface area contributed by atoms with Crippen LogP contribution < -0.4 is 0 Å². The Kier molecular flexibility index (Phi) is 3.09. The van der Waals surface area contributed by atoms with Gasteiger partial charge in [-0.2, -0.15) is 0 Å². The van der Waals surface area contributed by atoms with Gasteiger partial charge in [0.2, 0.25) is 0 Å². The van der Waals surface area contributed by atoms with Gasteiger partial charge in [-0.15, -0.1) is 0 Å². The van der Waals surface area contributed by atoms with Crippen molar-refractivity contribution in [3.8, 4) is 11.3 Å². The zero-order chi connectivity index (χ0) is 12.3. The van der Waals surface area contributed by atoms with Crippen LogP contribution in [0.3, 0.4) is 0 Å².